The second-order valence-corrected chi connectivity index (χ2v) is 6.48. The molecule has 1 aliphatic carbocycles. The van der Waals surface area contributed by atoms with Crippen molar-refractivity contribution in [3.05, 3.63) is 33.8 Å². The highest BCUT2D eigenvalue weighted by Crippen LogP contribution is 2.29. The fourth-order valence-electron chi connectivity index (χ4n) is 2.95. The summed E-state index contributed by atoms with van der Waals surface area (Å²) < 4.78 is 0. The molecule has 1 aliphatic rings. The van der Waals surface area contributed by atoms with Crippen molar-refractivity contribution in [3.63, 3.8) is 0 Å². The minimum absolute atomic E-state index is 0.0621. The molecule has 0 aliphatic heterocycles. The van der Waals surface area contributed by atoms with E-state index in [4.69, 9.17) is 28.9 Å². The minimum atomic E-state index is -0.0621. The summed E-state index contributed by atoms with van der Waals surface area (Å²) in [5, 5.41) is 0.835. The first kappa shape index (κ1) is 16.6. The number of carbonyl (C=O) groups is 1. The number of carbonyl (C=O) groups excluding carboxylic acids is 1. The van der Waals surface area contributed by atoms with E-state index in [1.54, 1.807) is 18.2 Å². The van der Waals surface area contributed by atoms with Crippen LogP contribution in [0.1, 0.15) is 49.4 Å². The zero-order chi connectivity index (χ0) is 15.4. The number of benzene rings is 1. The topological polar surface area (TPSA) is 46.3 Å². The molecule has 0 atom stereocenters. The van der Waals surface area contributed by atoms with Crippen molar-refractivity contribution in [3.8, 4) is 0 Å². The molecular formula is C16H22Cl2N2O. The second kappa shape index (κ2) is 7.48. The Balaban J connectivity index is 2.23. The highest BCUT2D eigenvalue weighted by atomic mass is 35.5. The van der Waals surface area contributed by atoms with Gasteiger partial charge in [0.1, 0.15) is 0 Å². The number of nitrogens with zero attached hydrogens (tertiary/aromatic N) is 1. The van der Waals surface area contributed by atoms with Crippen molar-refractivity contribution >= 4 is 29.1 Å². The molecule has 0 bridgehead atoms. The Morgan fingerprint density at radius 1 is 1.24 bits per heavy atom. The molecule has 116 valence electrons. The highest BCUT2D eigenvalue weighted by molar-refractivity contribution is 6.39. The molecule has 1 fully saturated rings. The van der Waals surface area contributed by atoms with Gasteiger partial charge in [0, 0.05) is 18.6 Å². The Morgan fingerprint density at radius 2 is 1.81 bits per heavy atom. The molecular weight excluding hydrogens is 307 g/mol. The highest BCUT2D eigenvalue weighted by Gasteiger charge is 2.29. The maximum atomic E-state index is 12.9. The van der Waals surface area contributed by atoms with Gasteiger partial charge in [-0.1, -0.05) is 36.2 Å². The van der Waals surface area contributed by atoms with Crippen LogP contribution in [0.4, 0.5) is 0 Å². The largest absolute Gasteiger partial charge is 0.336 e. The second-order valence-electron chi connectivity index (χ2n) is 5.66. The van der Waals surface area contributed by atoms with Crippen LogP contribution < -0.4 is 5.73 Å². The Hall–Kier alpha value is -0.770. The predicted octanol–water partition coefficient (Wildman–Crippen LogP) is 4.12. The number of amides is 1. The number of nitrogens with two attached hydrogens (primary N) is 1. The maximum Gasteiger partial charge on any atom is 0.257 e. The van der Waals surface area contributed by atoms with Gasteiger partial charge >= 0.3 is 0 Å². The SMILES string of the molecule is CCCN(C(=O)c1c(Cl)cccc1Cl)C1CCC(N)CC1. The maximum absolute atomic E-state index is 12.9. The van der Waals surface area contributed by atoms with Gasteiger partial charge in [0.2, 0.25) is 0 Å². The predicted molar refractivity (Wildman–Crippen MR) is 88.0 cm³/mol. The Bertz CT molecular complexity index is 479. The monoisotopic (exact) mass is 328 g/mol. The van der Waals surface area contributed by atoms with Gasteiger partial charge in [-0.05, 0) is 44.2 Å². The summed E-state index contributed by atoms with van der Waals surface area (Å²) in [6, 6.07) is 5.68. The lowest BCUT2D eigenvalue weighted by Crippen LogP contribution is -2.44. The number of halogens is 2. The third-order valence-electron chi connectivity index (χ3n) is 4.08. The molecule has 2 N–H and O–H groups in total. The van der Waals surface area contributed by atoms with Crippen molar-refractivity contribution < 1.29 is 4.79 Å². The summed E-state index contributed by atoms with van der Waals surface area (Å²) in [5.41, 5.74) is 6.38. The van der Waals surface area contributed by atoms with Gasteiger partial charge in [-0.2, -0.15) is 0 Å². The van der Waals surface area contributed by atoms with Crippen LogP contribution in [0.3, 0.4) is 0 Å². The third-order valence-corrected chi connectivity index (χ3v) is 4.71. The Labute approximate surface area is 136 Å². The summed E-state index contributed by atoms with van der Waals surface area (Å²) in [7, 11) is 0. The lowest BCUT2D eigenvalue weighted by Gasteiger charge is -2.36. The van der Waals surface area contributed by atoms with Crippen molar-refractivity contribution in [2.45, 2.75) is 51.1 Å². The van der Waals surface area contributed by atoms with E-state index in [-0.39, 0.29) is 18.0 Å². The van der Waals surface area contributed by atoms with Crippen LogP contribution in [0.2, 0.25) is 10.0 Å². The Kier molecular flexibility index (Phi) is 5.91. The molecule has 1 saturated carbocycles. The van der Waals surface area contributed by atoms with Crippen molar-refractivity contribution in [1.82, 2.24) is 4.90 Å². The van der Waals surface area contributed by atoms with Gasteiger partial charge in [-0.15, -0.1) is 0 Å². The standard InChI is InChI=1S/C16H22Cl2N2O/c1-2-10-20(12-8-6-11(19)7-9-12)16(21)15-13(17)4-3-5-14(15)18/h3-5,11-12H,2,6-10,19H2,1H3. The van der Waals surface area contributed by atoms with Gasteiger partial charge in [0.25, 0.3) is 5.91 Å². The van der Waals surface area contributed by atoms with E-state index in [2.05, 4.69) is 6.92 Å². The van der Waals surface area contributed by atoms with Crippen LogP contribution in [0.25, 0.3) is 0 Å². The van der Waals surface area contributed by atoms with Gasteiger partial charge in [0.15, 0.2) is 0 Å². The van der Waals surface area contributed by atoms with Crippen LogP contribution in [0, 0.1) is 0 Å². The zero-order valence-electron chi connectivity index (χ0n) is 12.3. The fourth-order valence-corrected chi connectivity index (χ4v) is 3.51. The van der Waals surface area contributed by atoms with Crippen LogP contribution in [0.5, 0.6) is 0 Å². The molecule has 3 nitrogen and oxygen atoms in total. The first-order valence-electron chi connectivity index (χ1n) is 7.55. The molecule has 0 spiro atoms. The van der Waals surface area contributed by atoms with E-state index < -0.39 is 0 Å². The average Bonchev–Trinajstić information content (AvgIpc) is 2.45. The van der Waals surface area contributed by atoms with Crippen LogP contribution in [-0.4, -0.2) is 29.4 Å². The van der Waals surface area contributed by atoms with E-state index in [0.29, 0.717) is 15.6 Å². The summed E-state index contributed by atoms with van der Waals surface area (Å²) in [6.07, 6.45) is 4.75. The number of rotatable bonds is 4. The van der Waals surface area contributed by atoms with Crippen molar-refractivity contribution in [1.29, 1.82) is 0 Å². The molecule has 0 heterocycles. The minimum Gasteiger partial charge on any atom is -0.336 e. The number of hydrogen-bond donors (Lipinski definition) is 1. The van der Waals surface area contributed by atoms with Gasteiger partial charge in [0.05, 0.1) is 15.6 Å². The summed E-state index contributed by atoms with van der Waals surface area (Å²) in [5.74, 6) is -0.0621. The van der Waals surface area contributed by atoms with E-state index >= 15 is 0 Å². The van der Waals surface area contributed by atoms with Gasteiger partial charge < -0.3 is 10.6 Å². The molecule has 0 radical (unpaired) electrons. The van der Waals surface area contributed by atoms with E-state index in [0.717, 1.165) is 38.6 Å². The first-order chi connectivity index (χ1) is 10.0. The van der Waals surface area contributed by atoms with Crippen LogP contribution in [-0.2, 0) is 0 Å². The molecule has 21 heavy (non-hydrogen) atoms. The normalized spacial score (nSPS) is 22.1. The molecule has 2 rings (SSSR count). The van der Waals surface area contributed by atoms with Crippen LogP contribution >= 0.6 is 23.2 Å². The molecule has 1 aromatic rings. The van der Waals surface area contributed by atoms with E-state index in [1.165, 1.54) is 0 Å². The summed E-state index contributed by atoms with van der Waals surface area (Å²) in [6.45, 7) is 2.79. The quantitative estimate of drug-likeness (QED) is 0.903. The molecule has 0 unspecified atom stereocenters. The van der Waals surface area contributed by atoms with Gasteiger partial charge in [-0.3, -0.25) is 4.79 Å². The third kappa shape index (κ3) is 3.91. The average molecular weight is 329 g/mol. The lowest BCUT2D eigenvalue weighted by molar-refractivity contribution is 0.0627. The van der Waals surface area contributed by atoms with Crippen molar-refractivity contribution in [2.24, 2.45) is 5.73 Å². The molecule has 0 saturated heterocycles. The van der Waals surface area contributed by atoms with Gasteiger partial charge in [-0.25, -0.2) is 0 Å². The lowest BCUT2D eigenvalue weighted by atomic mass is 9.90. The Morgan fingerprint density at radius 3 is 2.33 bits per heavy atom. The summed E-state index contributed by atoms with van der Waals surface area (Å²) in [4.78, 5) is 14.8. The molecule has 1 aromatic carbocycles. The smallest absolute Gasteiger partial charge is 0.257 e. The fraction of sp³-hybridized carbons (Fsp3) is 0.562. The number of hydrogen-bond acceptors (Lipinski definition) is 2. The summed E-state index contributed by atoms with van der Waals surface area (Å²) >= 11 is 12.4. The molecule has 0 aromatic heterocycles. The van der Waals surface area contributed by atoms with Crippen LogP contribution in [0.15, 0.2) is 18.2 Å². The first-order valence-corrected chi connectivity index (χ1v) is 8.30. The molecule has 5 heteroatoms. The molecule has 1 amide bonds. The van der Waals surface area contributed by atoms with Crippen molar-refractivity contribution in [2.75, 3.05) is 6.54 Å². The van der Waals surface area contributed by atoms with E-state index in [1.807, 2.05) is 4.90 Å². The zero-order valence-corrected chi connectivity index (χ0v) is 13.8. The van der Waals surface area contributed by atoms with E-state index in [9.17, 15) is 4.79 Å².